The van der Waals surface area contributed by atoms with Crippen molar-refractivity contribution in [2.75, 3.05) is 12.0 Å². The summed E-state index contributed by atoms with van der Waals surface area (Å²) in [5, 5.41) is 0.174. The van der Waals surface area contributed by atoms with Gasteiger partial charge in [-0.15, -0.1) is 0 Å². The van der Waals surface area contributed by atoms with Gasteiger partial charge >= 0.3 is 0 Å². The first-order valence-corrected chi connectivity index (χ1v) is 7.76. The number of halogens is 1. The highest BCUT2D eigenvalue weighted by Crippen LogP contribution is 2.38. The van der Waals surface area contributed by atoms with Crippen LogP contribution in [0, 0.1) is 0 Å². The van der Waals surface area contributed by atoms with Gasteiger partial charge in [0.1, 0.15) is 20.8 Å². The van der Waals surface area contributed by atoms with Gasteiger partial charge in [0.2, 0.25) is 0 Å². The molecule has 1 fully saturated rings. The van der Waals surface area contributed by atoms with Gasteiger partial charge in [0.25, 0.3) is 5.56 Å². The molecule has 94 valence electrons. The molecular formula is C10H13ClN2O3S. The molecule has 1 aromatic rings. The highest BCUT2D eigenvalue weighted by molar-refractivity contribution is 7.90. The molecule has 0 N–H and O–H groups in total. The van der Waals surface area contributed by atoms with Crippen LogP contribution in [0.4, 0.5) is 0 Å². The van der Waals surface area contributed by atoms with E-state index in [2.05, 4.69) is 4.98 Å². The Kier molecular flexibility index (Phi) is 3.27. The molecule has 0 amide bonds. The van der Waals surface area contributed by atoms with Crippen molar-refractivity contribution in [1.82, 2.24) is 9.55 Å². The first-order valence-electron chi connectivity index (χ1n) is 5.32. The van der Waals surface area contributed by atoms with Crippen LogP contribution >= 0.6 is 11.6 Å². The van der Waals surface area contributed by atoms with Crippen LogP contribution < -0.4 is 5.56 Å². The lowest BCUT2D eigenvalue weighted by atomic mass is 10.3. The zero-order valence-corrected chi connectivity index (χ0v) is 11.0. The van der Waals surface area contributed by atoms with Crippen LogP contribution in [0.5, 0.6) is 0 Å². The second-order valence-corrected chi connectivity index (χ2v) is 6.98. The highest BCUT2D eigenvalue weighted by Gasteiger charge is 2.29. The summed E-state index contributed by atoms with van der Waals surface area (Å²) in [5.74, 6) is 0.808. The molecule has 0 unspecified atom stereocenters. The first-order chi connectivity index (χ1) is 7.87. The molecule has 0 aromatic carbocycles. The van der Waals surface area contributed by atoms with Crippen LogP contribution in [0.2, 0.25) is 5.15 Å². The van der Waals surface area contributed by atoms with E-state index in [0.717, 1.165) is 19.1 Å². The van der Waals surface area contributed by atoms with Gasteiger partial charge in [0.05, 0.1) is 5.75 Å². The molecule has 0 atom stereocenters. The Morgan fingerprint density at radius 2 is 2.18 bits per heavy atom. The largest absolute Gasteiger partial charge is 0.295 e. The van der Waals surface area contributed by atoms with Crippen LogP contribution in [0.1, 0.15) is 24.6 Å². The maximum atomic E-state index is 11.8. The van der Waals surface area contributed by atoms with Gasteiger partial charge in [0.15, 0.2) is 0 Å². The second-order valence-electron chi connectivity index (χ2n) is 4.33. The molecule has 1 aromatic heterocycles. The SMILES string of the molecule is CS(=O)(=O)CCn1c(C2CC2)nc(Cl)cc1=O. The summed E-state index contributed by atoms with van der Waals surface area (Å²) >= 11 is 5.74. The Labute approximate surface area is 104 Å². The van der Waals surface area contributed by atoms with Crippen molar-refractivity contribution < 1.29 is 8.42 Å². The summed E-state index contributed by atoms with van der Waals surface area (Å²) in [4.78, 5) is 15.9. The van der Waals surface area contributed by atoms with Gasteiger partial charge < -0.3 is 0 Å². The van der Waals surface area contributed by atoms with Crippen molar-refractivity contribution in [3.8, 4) is 0 Å². The van der Waals surface area contributed by atoms with Gasteiger partial charge in [-0.1, -0.05) is 11.6 Å². The quantitative estimate of drug-likeness (QED) is 0.764. The number of hydrogen-bond donors (Lipinski definition) is 0. The summed E-state index contributed by atoms with van der Waals surface area (Å²) in [6.45, 7) is 0.146. The van der Waals surface area contributed by atoms with E-state index < -0.39 is 9.84 Å². The minimum Gasteiger partial charge on any atom is -0.295 e. The number of aromatic nitrogens is 2. The Bertz CT molecular complexity index is 590. The molecule has 1 saturated carbocycles. The first kappa shape index (κ1) is 12.6. The fourth-order valence-corrected chi connectivity index (χ4v) is 2.32. The van der Waals surface area contributed by atoms with E-state index in [1.807, 2.05) is 0 Å². The summed E-state index contributed by atoms with van der Waals surface area (Å²) in [5.41, 5.74) is -0.282. The normalized spacial score (nSPS) is 16.1. The molecule has 0 aliphatic heterocycles. The van der Waals surface area contributed by atoms with Crippen LogP contribution in [0.15, 0.2) is 10.9 Å². The average molecular weight is 277 g/mol. The summed E-state index contributed by atoms with van der Waals surface area (Å²) < 4.78 is 23.7. The third-order valence-corrected chi connectivity index (χ3v) is 3.75. The Hall–Kier alpha value is -0.880. The summed E-state index contributed by atoms with van der Waals surface area (Å²) in [6, 6.07) is 1.22. The van der Waals surface area contributed by atoms with Crippen molar-refractivity contribution in [2.45, 2.75) is 25.3 Å². The lowest BCUT2D eigenvalue weighted by Crippen LogP contribution is -2.27. The minimum atomic E-state index is -3.09. The summed E-state index contributed by atoms with van der Waals surface area (Å²) in [6.07, 6.45) is 3.11. The Morgan fingerprint density at radius 3 is 2.71 bits per heavy atom. The van der Waals surface area contributed by atoms with Crippen molar-refractivity contribution in [1.29, 1.82) is 0 Å². The molecule has 1 aliphatic carbocycles. The Balaban J connectivity index is 2.34. The second kappa shape index (κ2) is 4.42. The molecule has 0 spiro atoms. The molecule has 1 aliphatic rings. The predicted molar refractivity (Wildman–Crippen MR) is 65.2 cm³/mol. The molecule has 0 saturated heterocycles. The number of sulfone groups is 1. The average Bonchev–Trinajstić information content (AvgIpc) is 2.96. The zero-order chi connectivity index (χ0) is 12.6. The molecule has 2 rings (SSSR count). The zero-order valence-electron chi connectivity index (χ0n) is 9.39. The van der Waals surface area contributed by atoms with Crippen LogP contribution in [-0.2, 0) is 16.4 Å². The van der Waals surface area contributed by atoms with Crippen LogP contribution in [0.25, 0.3) is 0 Å². The van der Waals surface area contributed by atoms with Crippen LogP contribution in [-0.4, -0.2) is 30.0 Å². The van der Waals surface area contributed by atoms with E-state index in [4.69, 9.17) is 11.6 Å². The van der Waals surface area contributed by atoms with Crippen molar-refractivity contribution in [3.63, 3.8) is 0 Å². The minimum absolute atomic E-state index is 0.0596. The van der Waals surface area contributed by atoms with Crippen molar-refractivity contribution in [2.24, 2.45) is 0 Å². The van der Waals surface area contributed by atoms with Gasteiger partial charge in [0, 0.05) is 24.8 Å². The molecule has 5 nitrogen and oxygen atoms in total. The maximum absolute atomic E-state index is 11.8. The fourth-order valence-electron chi connectivity index (χ4n) is 1.63. The van der Waals surface area contributed by atoms with Crippen molar-refractivity contribution >= 4 is 21.4 Å². The monoisotopic (exact) mass is 276 g/mol. The van der Waals surface area contributed by atoms with Crippen LogP contribution in [0.3, 0.4) is 0 Å². The molecule has 7 heteroatoms. The van der Waals surface area contributed by atoms with E-state index in [1.54, 1.807) is 0 Å². The van der Waals surface area contributed by atoms with E-state index in [9.17, 15) is 13.2 Å². The fraction of sp³-hybridized carbons (Fsp3) is 0.600. The van der Waals surface area contributed by atoms with E-state index in [-0.39, 0.29) is 28.9 Å². The van der Waals surface area contributed by atoms with Gasteiger partial charge in [-0.3, -0.25) is 9.36 Å². The molecule has 0 radical (unpaired) electrons. The number of nitrogens with zero attached hydrogens (tertiary/aromatic N) is 2. The smallest absolute Gasteiger partial charge is 0.255 e. The standard InChI is InChI=1S/C10H13ClN2O3S/c1-17(15,16)5-4-13-9(14)6-8(11)12-10(13)7-2-3-7/h6-7H,2-5H2,1H3. The van der Waals surface area contributed by atoms with E-state index in [0.29, 0.717) is 5.82 Å². The maximum Gasteiger partial charge on any atom is 0.255 e. The van der Waals surface area contributed by atoms with Gasteiger partial charge in [-0.2, -0.15) is 0 Å². The summed E-state index contributed by atoms with van der Waals surface area (Å²) in [7, 11) is -3.09. The highest BCUT2D eigenvalue weighted by atomic mass is 35.5. The van der Waals surface area contributed by atoms with Gasteiger partial charge in [-0.05, 0) is 12.8 Å². The Morgan fingerprint density at radius 1 is 1.53 bits per heavy atom. The number of hydrogen-bond acceptors (Lipinski definition) is 4. The van der Waals surface area contributed by atoms with Crippen molar-refractivity contribution in [3.05, 3.63) is 27.4 Å². The lowest BCUT2D eigenvalue weighted by Gasteiger charge is -2.10. The molecule has 1 heterocycles. The van der Waals surface area contributed by atoms with E-state index in [1.165, 1.54) is 10.6 Å². The molecule has 17 heavy (non-hydrogen) atoms. The number of rotatable bonds is 4. The molecule has 0 bridgehead atoms. The molecular weight excluding hydrogens is 264 g/mol. The van der Waals surface area contributed by atoms with Gasteiger partial charge in [-0.25, -0.2) is 13.4 Å². The topological polar surface area (TPSA) is 69.0 Å². The van der Waals surface area contributed by atoms with E-state index >= 15 is 0 Å². The predicted octanol–water partition coefficient (Wildman–Crippen LogP) is 0.819. The third-order valence-electron chi connectivity index (χ3n) is 2.63. The third kappa shape index (κ3) is 3.29. The lowest BCUT2D eigenvalue weighted by molar-refractivity contribution is 0.586.